The highest BCUT2D eigenvalue weighted by atomic mass is 15.0. The molecular weight excluding hydrogens is 198 g/mol. The molecule has 0 radical (unpaired) electrons. The van der Waals surface area contributed by atoms with Crippen LogP contribution in [0.25, 0.3) is 21.9 Å². The van der Waals surface area contributed by atoms with Crippen LogP contribution in [-0.2, 0) is 7.05 Å². The predicted molar refractivity (Wildman–Crippen MR) is 65.5 cm³/mol. The van der Waals surface area contributed by atoms with E-state index in [1.54, 1.807) is 6.33 Å². The fourth-order valence-electron chi connectivity index (χ4n) is 2.34. The standard InChI is InChI=1S/C13H13N3/c1-8-4-5-10-11-6-14-7-15-13(11)16(3)12(10)9(8)2/h4-7H,1-3H3. The Morgan fingerprint density at radius 1 is 1.12 bits per heavy atom. The molecule has 0 aliphatic heterocycles. The summed E-state index contributed by atoms with van der Waals surface area (Å²) in [5.74, 6) is 0. The third kappa shape index (κ3) is 1.03. The van der Waals surface area contributed by atoms with Gasteiger partial charge < -0.3 is 4.57 Å². The largest absolute Gasteiger partial charge is 0.328 e. The fraction of sp³-hybridized carbons (Fsp3) is 0.231. The maximum atomic E-state index is 4.34. The maximum Gasteiger partial charge on any atom is 0.144 e. The van der Waals surface area contributed by atoms with Gasteiger partial charge in [-0.05, 0) is 25.0 Å². The van der Waals surface area contributed by atoms with Crippen LogP contribution in [0.5, 0.6) is 0 Å². The van der Waals surface area contributed by atoms with Gasteiger partial charge in [-0.1, -0.05) is 12.1 Å². The molecule has 0 fully saturated rings. The van der Waals surface area contributed by atoms with E-state index in [-0.39, 0.29) is 0 Å². The Balaban J connectivity index is 2.67. The lowest BCUT2D eigenvalue weighted by molar-refractivity contribution is 0.976. The van der Waals surface area contributed by atoms with Crippen molar-refractivity contribution in [2.45, 2.75) is 13.8 Å². The van der Waals surface area contributed by atoms with Gasteiger partial charge in [-0.25, -0.2) is 9.97 Å². The van der Waals surface area contributed by atoms with Crippen molar-refractivity contribution in [1.82, 2.24) is 14.5 Å². The summed E-state index contributed by atoms with van der Waals surface area (Å²) in [4.78, 5) is 8.44. The van der Waals surface area contributed by atoms with Gasteiger partial charge in [0.1, 0.15) is 12.0 Å². The van der Waals surface area contributed by atoms with E-state index in [0.29, 0.717) is 0 Å². The van der Waals surface area contributed by atoms with Crippen molar-refractivity contribution in [1.29, 1.82) is 0 Å². The lowest BCUT2D eigenvalue weighted by atomic mass is 10.1. The summed E-state index contributed by atoms with van der Waals surface area (Å²) in [5, 5.41) is 2.37. The van der Waals surface area contributed by atoms with Crippen LogP contribution in [0.3, 0.4) is 0 Å². The summed E-state index contributed by atoms with van der Waals surface area (Å²) >= 11 is 0. The molecule has 3 nitrogen and oxygen atoms in total. The molecule has 3 heteroatoms. The highest BCUT2D eigenvalue weighted by Gasteiger charge is 2.11. The third-order valence-electron chi connectivity index (χ3n) is 3.34. The van der Waals surface area contributed by atoms with Crippen LogP contribution >= 0.6 is 0 Å². The molecule has 3 rings (SSSR count). The molecule has 2 heterocycles. The van der Waals surface area contributed by atoms with Gasteiger partial charge in [-0.2, -0.15) is 0 Å². The summed E-state index contributed by atoms with van der Waals surface area (Å²) in [6.07, 6.45) is 3.49. The van der Waals surface area contributed by atoms with Gasteiger partial charge in [0.05, 0.1) is 5.52 Å². The molecule has 2 aromatic heterocycles. The summed E-state index contributed by atoms with van der Waals surface area (Å²) in [6.45, 7) is 4.29. The second kappa shape index (κ2) is 3.04. The molecule has 0 saturated heterocycles. The lowest BCUT2D eigenvalue weighted by Gasteiger charge is -2.04. The molecule has 0 spiro atoms. The molecule has 0 unspecified atom stereocenters. The zero-order valence-electron chi connectivity index (χ0n) is 9.65. The van der Waals surface area contributed by atoms with Gasteiger partial charge in [-0.3, -0.25) is 0 Å². The van der Waals surface area contributed by atoms with E-state index in [4.69, 9.17) is 0 Å². The van der Waals surface area contributed by atoms with Crippen molar-refractivity contribution >= 4 is 21.9 Å². The van der Waals surface area contributed by atoms with Crippen LogP contribution in [-0.4, -0.2) is 14.5 Å². The summed E-state index contributed by atoms with van der Waals surface area (Å²) in [5.41, 5.74) is 4.89. The predicted octanol–water partition coefficient (Wildman–Crippen LogP) is 2.74. The Bertz CT molecular complexity index is 695. The van der Waals surface area contributed by atoms with Gasteiger partial charge in [-0.15, -0.1) is 0 Å². The second-order valence-corrected chi connectivity index (χ2v) is 4.22. The lowest BCUT2D eigenvalue weighted by Crippen LogP contribution is -1.92. The number of aryl methyl sites for hydroxylation is 3. The fourth-order valence-corrected chi connectivity index (χ4v) is 2.34. The minimum absolute atomic E-state index is 0.999. The Hall–Kier alpha value is -1.90. The van der Waals surface area contributed by atoms with E-state index in [9.17, 15) is 0 Å². The SMILES string of the molecule is Cc1ccc2c3cncnc3n(C)c2c1C. The van der Waals surface area contributed by atoms with E-state index in [1.165, 1.54) is 22.0 Å². The van der Waals surface area contributed by atoms with Crippen LogP contribution in [0.1, 0.15) is 11.1 Å². The minimum atomic E-state index is 0.999. The van der Waals surface area contributed by atoms with Crippen molar-refractivity contribution in [2.75, 3.05) is 0 Å². The molecule has 0 bridgehead atoms. The zero-order chi connectivity index (χ0) is 11.3. The highest BCUT2D eigenvalue weighted by molar-refractivity contribution is 6.07. The molecule has 16 heavy (non-hydrogen) atoms. The zero-order valence-corrected chi connectivity index (χ0v) is 9.65. The Morgan fingerprint density at radius 3 is 2.75 bits per heavy atom. The molecule has 1 aromatic carbocycles. The first-order chi connectivity index (χ1) is 7.70. The topological polar surface area (TPSA) is 30.7 Å². The van der Waals surface area contributed by atoms with E-state index < -0.39 is 0 Å². The molecular formula is C13H13N3. The highest BCUT2D eigenvalue weighted by Crippen LogP contribution is 2.29. The number of nitrogens with zero attached hydrogens (tertiary/aromatic N) is 3. The molecule has 0 N–H and O–H groups in total. The number of rotatable bonds is 0. The summed E-state index contributed by atoms with van der Waals surface area (Å²) < 4.78 is 2.15. The van der Waals surface area contributed by atoms with Crippen LogP contribution in [0.4, 0.5) is 0 Å². The average Bonchev–Trinajstić information content (AvgIpc) is 2.59. The van der Waals surface area contributed by atoms with Crippen molar-refractivity contribution in [3.8, 4) is 0 Å². The quantitative estimate of drug-likeness (QED) is 0.572. The number of aromatic nitrogens is 3. The normalized spacial score (nSPS) is 11.4. The van der Waals surface area contributed by atoms with Gasteiger partial charge >= 0.3 is 0 Å². The molecule has 0 amide bonds. The third-order valence-corrected chi connectivity index (χ3v) is 3.34. The van der Waals surface area contributed by atoms with Gasteiger partial charge in [0.2, 0.25) is 0 Å². The van der Waals surface area contributed by atoms with Crippen LogP contribution in [0.15, 0.2) is 24.7 Å². The Labute approximate surface area is 93.7 Å². The number of fused-ring (bicyclic) bond motifs is 3. The smallest absolute Gasteiger partial charge is 0.144 e. The van der Waals surface area contributed by atoms with Gasteiger partial charge in [0, 0.05) is 24.0 Å². The summed E-state index contributed by atoms with van der Waals surface area (Å²) in [6, 6.07) is 4.31. The van der Waals surface area contributed by atoms with Crippen LogP contribution < -0.4 is 0 Å². The Morgan fingerprint density at radius 2 is 1.94 bits per heavy atom. The monoisotopic (exact) mass is 211 g/mol. The van der Waals surface area contributed by atoms with E-state index >= 15 is 0 Å². The maximum absolute atomic E-state index is 4.34. The molecule has 0 atom stereocenters. The van der Waals surface area contributed by atoms with Gasteiger partial charge in [0.15, 0.2) is 0 Å². The molecule has 80 valence electrons. The first kappa shape index (κ1) is 9.33. The van der Waals surface area contributed by atoms with Crippen molar-refractivity contribution in [3.63, 3.8) is 0 Å². The van der Waals surface area contributed by atoms with E-state index in [1.807, 2.05) is 6.20 Å². The molecule has 0 saturated carbocycles. The first-order valence-corrected chi connectivity index (χ1v) is 5.34. The van der Waals surface area contributed by atoms with Gasteiger partial charge in [0.25, 0.3) is 0 Å². The molecule has 0 aliphatic rings. The van der Waals surface area contributed by atoms with E-state index in [2.05, 4.69) is 47.6 Å². The molecule has 3 aromatic rings. The van der Waals surface area contributed by atoms with Crippen LogP contribution in [0.2, 0.25) is 0 Å². The average molecular weight is 211 g/mol. The first-order valence-electron chi connectivity index (χ1n) is 5.34. The number of hydrogen-bond acceptors (Lipinski definition) is 2. The summed E-state index contributed by atoms with van der Waals surface area (Å²) in [7, 11) is 2.06. The number of hydrogen-bond donors (Lipinski definition) is 0. The second-order valence-electron chi connectivity index (χ2n) is 4.22. The minimum Gasteiger partial charge on any atom is -0.328 e. The van der Waals surface area contributed by atoms with Crippen LogP contribution in [0, 0.1) is 13.8 Å². The molecule has 0 aliphatic carbocycles. The Kier molecular flexibility index (Phi) is 1.78. The van der Waals surface area contributed by atoms with E-state index in [0.717, 1.165) is 11.0 Å². The van der Waals surface area contributed by atoms with Crippen molar-refractivity contribution in [2.24, 2.45) is 7.05 Å². The van der Waals surface area contributed by atoms with Crippen molar-refractivity contribution in [3.05, 3.63) is 35.8 Å². The number of benzene rings is 1. The van der Waals surface area contributed by atoms with Crippen molar-refractivity contribution < 1.29 is 0 Å².